The van der Waals surface area contributed by atoms with E-state index in [2.05, 4.69) is 30.6 Å². The zero-order valence-electron chi connectivity index (χ0n) is 11.7. The molecule has 0 saturated heterocycles. The molecule has 0 aliphatic heterocycles. The van der Waals surface area contributed by atoms with E-state index in [9.17, 15) is 0 Å². The van der Waals surface area contributed by atoms with Crippen molar-refractivity contribution in [1.29, 1.82) is 0 Å². The Labute approximate surface area is 116 Å². The minimum Gasteiger partial charge on any atom is -0.496 e. The summed E-state index contributed by atoms with van der Waals surface area (Å²) in [7, 11) is 1.74. The number of ether oxygens (including phenoxy) is 1. The molecule has 1 rings (SSSR count). The molecule has 0 spiro atoms. The largest absolute Gasteiger partial charge is 0.496 e. The Kier molecular flexibility index (Phi) is 7.94. The first kappa shape index (κ1) is 15.4. The number of para-hydroxylation sites is 1. The quantitative estimate of drug-likeness (QED) is 0.693. The van der Waals surface area contributed by atoms with Crippen LogP contribution in [0, 0.1) is 0 Å². The number of benzene rings is 1. The zero-order chi connectivity index (χ0) is 13.2. The Morgan fingerprint density at radius 3 is 2.78 bits per heavy atom. The van der Waals surface area contributed by atoms with Crippen molar-refractivity contribution in [3.05, 3.63) is 29.8 Å². The first-order valence-corrected chi connectivity index (χ1v) is 8.01. The summed E-state index contributed by atoms with van der Waals surface area (Å²) < 4.78 is 5.37. The fraction of sp³-hybridized carbons (Fsp3) is 0.600. The third kappa shape index (κ3) is 5.78. The van der Waals surface area contributed by atoms with Crippen molar-refractivity contribution in [3.63, 3.8) is 0 Å². The summed E-state index contributed by atoms with van der Waals surface area (Å²) in [6, 6.07) is 8.76. The van der Waals surface area contributed by atoms with Gasteiger partial charge in [0, 0.05) is 6.04 Å². The van der Waals surface area contributed by atoms with Crippen LogP contribution in [0.25, 0.3) is 0 Å². The highest BCUT2D eigenvalue weighted by Gasteiger charge is 2.06. The standard InChI is InChI=1S/C15H25NOS/c1-13(16-10-6-7-11-18-3)12-14-8-4-5-9-15(14)17-2/h4-5,8-9,13,16H,6-7,10-12H2,1-3H3. The molecule has 1 N–H and O–H groups in total. The van der Waals surface area contributed by atoms with Crippen LogP contribution in [0.4, 0.5) is 0 Å². The lowest BCUT2D eigenvalue weighted by molar-refractivity contribution is 0.406. The highest BCUT2D eigenvalue weighted by Crippen LogP contribution is 2.18. The van der Waals surface area contributed by atoms with Crippen molar-refractivity contribution in [1.82, 2.24) is 5.32 Å². The second kappa shape index (κ2) is 9.29. The van der Waals surface area contributed by atoms with Crippen LogP contribution in [-0.4, -0.2) is 31.7 Å². The molecular formula is C15H25NOS. The third-order valence-electron chi connectivity index (χ3n) is 2.99. The number of hydrogen-bond acceptors (Lipinski definition) is 3. The molecule has 0 aliphatic carbocycles. The molecule has 0 fully saturated rings. The van der Waals surface area contributed by atoms with Gasteiger partial charge >= 0.3 is 0 Å². The first-order valence-electron chi connectivity index (χ1n) is 6.62. The average Bonchev–Trinajstić information content (AvgIpc) is 2.39. The van der Waals surface area contributed by atoms with Gasteiger partial charge in [-0.05, 0) is 56.4 Å². The molecule has 0 heterocycles. The number of rotatable bonds is 9. The van der Waals surface area contributed by atoms with Crippen molar-refractivity contribution in [2.45, 2.75) is 32.2 Å². The molecular weight excluding hydrogens is 242 g/mol. The molecule has 0 aromatic heterocycles. The molecule has 102 valence electrons. The van der Waals surface area contributed by atoms with Crippen LogP contribution in [0.15, 0.2) is 24.3 Å². The van der Waals surface area contributed by atoms with E-state index in [0.29, 0.717) is 6.04 Å². The van der Waals surface area contributed by atoms with Gasteiger partial charge in [-0.15, -0.1) is 0 Å². The Balaban J connectivity index is 2.28. The van der Waals surface area contributed by atoms with Crippen molar-refractivity contribution < 1.29 is 4.74 Å². The SMILES string of the molecule is COc1ccccc1CC(C)NCCCCSC. The van der Waals surface area contributed by atoms with Gasteiger partial charge in [-0.25, -0.2) is 0 Å². The third-order valence-corrected chi connectivity index (χ3v) is 3.68. The van der Waals surface area contributed by atoms with Gasteiger partial charge in [-0.2, -0.15) is 11.8 Å². The fourth-order valence-corrected chi connectivity index (χ4v) is 2.49. The summed E-state index contributed by atoms with van der Waals surface area (Å²) in [4.78, 5) is 0. The number of thioether (sulfide) groups is 1. The second-order valence-corrected chi connectivity index (χ2v) is 5.56. The summed E-state index contributed by atoms with van der Waals surface area (Å²) in [6.45, 7) is 3.35. The maximum atomic E-state index is 5.37. The van der Waals surface area contributed by atoms with Gasteiger partial charge in [0.25, 0.3) is 0 Å². The molecule has 0 radical (unpaired) electrons. The highest BCUT2D eigenvalue weighted by atomic mass is 32.2. The smallest absolute Gasteiger partial charge is 0.122 e. The Bertz CT molecular complexity index is 330. The lowest BCUT2D eigenvalue weighted by Gasteiger charge is -2.15. The van der Waals surface area contributed by atoms with Crippen LogP contribution in [0.1, 0.15) is 25.3 Å². The summed E-state index contributed by atoms with van der Waals surface area (Å²) >= 11 is 1.92. The Morgan fingerprint density at radius 1 is 1.28 bits per heavy atom. The molecule has 1 atom stereocenters. The molecule has 18 heavy (non-hydrogen) atoms. The summed E-state index contributed by atoms with van der Waals surface area (Å²) in [6.07, 6.45) is 5.75. The molecule has 0 bridgehead atoms. The van der Waals surface area contributed by atoms with Crippen LogP contribution < -0.4 is 10.1 Å². The van der Waals surface area contributed by atoms with E-state index in [0.717, 1.165) is 18.7 Å². The highest BCUT2D eigenvalue weighted by molar-refractivity contribution is 7.98. The summed E-state index contributed by atoms with van der Waals surface area (Å²) in [5.74, 6) is 2.26. The Hall–Kier alpha value is -0.670. The monoisotopic (exact) mass is 267 g/mol. The predicted molar refractivity (Wildman–Crippen MR) is 81.8 cm³/mol. The van der Waals surface area contributed by atoms with Gasteiger partial charge in [-0.3, -0.25) is 0 Å². The average molecular weight is 267 g/mol. The van der Waals surface area contributed by atoms with Crippen LogP contribution in [0.2, 0.25) is 0 Å². The van der Waals surface area contributed by atoms with Crippen molar-refractivity contribution in [3.8, 4) is 5.75 Å². The molecule has 3 heteroatoms. The fourth-order valence-electron chi connectivity index (χ4n) is 1.99. The lowest BCUT2D eigenvalue weighted by atomic mass is 10.1. The normalized spacial score (nSPS) is 12.4. The van der Waals surface area contributed by atoms with Crippen molar-refractivity contribution >= 4 is 11.8 Å². The van der Waals surface area contributed by atoms with Gasteiger partial charge in [0.05, 0.1) is 7.11 Å². The van der Waals surface area contributed by atoms with Gasteiger partial charge < -0.3 is 10.1 Å². The van der Waals surface area contributed by atoms with Crippen LogP contribution in [0.3, 0.4) is 0 Å². The predicted octanol–water partition coefficient (Wildman–Crippen LogP) is 3.36. The minimum absolute atomic E-state index is 0.496. The van der Waals surface area contributed by atoms with Crippen LogP contribution in [0.5, 0.6) is 5.75 Å². The van der Waals surface area contributed by atoms with E-state index in [1.165, 1.54) is 24.2 Å². The number of unbranched alkanes of at least 4 members (excludes halogenated alkanes) is 1. The second-order valence-electron chi connectivity index (χ2n) is 4.57. The number of methoxy groups -OCH3 is 1. The molecule has 0 saturated carbocycles. The molecule has 1 unspecified atom stereocenters. The van der Waals surface area contributed by atoms with Gasteiger partial charge in [-0.1, -0.05) is 18.2 Å². The minimum atomic E-state index is 0.496. The van der Waals surface area contributed by atoms with E-state index in [4.69, 9.17) is 4.74 Å². The topological polar surface area (TPSA) is 21.3 Å². The first-order chi connectivity index (χ1) is 8.77. The maximum Gasteiger partial charge on any atom is 0.122 e. The molecule has 1 aromatic rings. The number of hydrogen-bond donors (Lipinski definition) is 1. The lowest BCUT2D eigenvalue weighted by Crippen LogP contribution is -2.29. The van der Waals surface area contributed by atoms with Gasteiger partial charge in [0.1, 0.15) is 5.75 Å². The molecule has 1 aromatic carbocycles. The van der Waals surface area contributed by atoms with Crippen LogP contribution >= 0.6 is 11.8 Å². The van der Waals surface area contributed by atoms with Gasteiger partial charge in [0.15, 0.2) is 0 Å². The van der Waals surface area contributed by atoms with E-state index < -0.39 is 0 Å². The molecule has 2 nitrogen and oxygen atoms in total. The Morgan fingerprint density at radius 2 is 2.06 bits per heavy atom. The van der Waals surface area contributed by atoms with Crippen molar-refractivity contribution in [2.75, 3.05) is 25.7 Å². The van der Waals surface area contributed by atoms with E-state index in [-0.39, 0.29) is 0 Å². The summed E-state index contributed by atoms with van der Waals surface area (Å²) in [5.41, 5.74) is 1.28. The zero-order valence-corrected chi connectivity index (χ0v) is 12.6. The van der Waals surface area contributed by atoms with E-state index in [1.807, 2.05) is 23.9 Å². The van der Waals surface area contributed by atoms with Crippen molar-refractivity contribution in [2.24, 2.45) is 0 Å². The van der Waals surface area contributed by atoms with Gasteiger partial charge in [0.2, 0.25) is 0 Å². The van der Waals surface area contributed by atoms with E-state index >= 15 is 0 Å². The summed E-state index contributed by atoms with van der Waals surface area (Å²) in [5, 5.41) is 3.58. The molecule has 0 amide bonds. The van der Waals surface area contributed by atoms with E-state index in [1.54, 1.807) is 7.11 Å². The van der Waals surface area contributed by atoms with Crippen LogP contribution in [-0.2, 0) is 6.42 Å². The number of nitrogens with one attached hydrogen (secondary N) is 1. The molecule has 0 aliphatic rings. The maximum absolute atomic E-state index is 5.37.